The molecule has 1 N–H and O–H groups in total. The number of hydrogen-bond donors (Lipinski definition) is 1. The van der Waals surface area contributed by atoms with Crippen LogP contribution in [-0.4, -0.2) is 39.6 Å². The second-order valence-corrected chi connectivity index (χ2v) is 6.75. The second kappa shape index (κ2) is 6.50. The first-order valence-electron chi connectivity index (χ1n) is 6.98. The number of amides is 1. The van der Waals surface area contributed by atoms with E-state index in [1.54, 1.807) is 11.2 Å². The van der Waals surface area contributed by atoms with Crippen LogP contribution in [0, 0.1) is 0 Å². The Kier molecular flexibility index (Phi) is 4.94. The maximum Gasteiger partial charge on any atom is 0.241 e. The summed E-state index contributed by atoms with van der Waals surface area (Å²) in [5.74, 6) is 0.601. The molecule has 0 bridgehead atoms. The first kappa shape index (κ1) is 15.2. The molecule has 5 heteroatoms. The van der Waals surface area contributed by atoms with E-state index < -0.39 is 10.8 Å². The molecule has 1 heterocycles. The monoisotopic (exact) mass is 294 g/mol. The van der Waals surface area contributed by atoms with Crippen molar-refractivity contribution in [2.75, 3.05) is 18.6 Å². The molecule has 1 aromatic rings. The van der Waals surface area contributed by atoms with Crippen LogP contribution in [0.3, 0.4) is 0 Å². The Hall–Kier alpha value is -1.20. The standard InChI is InChI=1S/C15H22N2O2S/c1-4-12-5-7-13(8-6-12)14-16-11(2)15(18)17(14)9-10-20(3)19/h5-8,11,14,16H,4,9-10H2,1-3H3. The largest absolute Gasteiger partial charge is 0.321 e. The van der Waals surface area contributed by atoms with Crippen LogP contribution >= 0.6 is 0 Å². The molecule has 3 atom stereocenters. The van der Waals surface area contributed by atoms with Crippen molar-refractivity contribution >= 4 is 16.7 Å². The Balaban J connectivity index is 2.18. The van der Waals surface area contributed by atoms with E-state index in [2.05, 4.69) is 36.5 Å². The lowest BCUT2D eigenvalue weighted by molar-refractivity contribution is -0.129. The lowest BCUT2D eigenvalue weighted by Gasteiger charge is -2.24. The van der Waals surface area contributed by atoms with Crippen molar-refractivity contribution in [1.82, 2.24) is 10.2 Å². The fourth-order valence-corrected chi connectivity index (χ4v) is 2.91. The molecule has 1 aliphatic heterocycles. The summed E-state index contributed by atoms with van der Waals surface area (Å²) < 4.78 is 11.3. The third-order valence-corrected chi connectivity index (χ3v) is 4.45. The summed E-state index contributed by atoms with van der Waals surface area (Å²) in [4.78, 5) is 14.0. The Morgan fingerprint density at radius 1 is 1.30 bits per heavy atom. The molecule has 0 aromatic heterocycles. The predicted octanol–water partition coefficient (Wildman–Crippen LogP) is 1.45. The van der Waals surface area contributed by atoms with E-state index in [9.17, 15) is 9.00 Å². The zero-order chi connectivity index (χ0) is 14.7. The van der Waals surface area contributed by atoms with Gasteiger partial charge in [-0.1, -0.05) is 31.2 Å². The summed E-state index contributed by atoms with van der Waals surface area (Å²) in [6.07, 6.45) is 2.57. The molecule has 1 fully saturated rings. The van der Waals surface area contributed by atoms with Gasteiger partial charge in [0.1, 0.15) is 6.17 Å². The van der Waals surface area contributed by atoms with E-state index in [1.807, 2.05) is 6.92 Å². The average molecular weight is 294 g/mol. The van der Waals surface area contributed by atoms with E-state index in [1.165, 1.54) is 5.56 Å². The van der Waals surface area contributed by atoms with Gasteiger partial charge in [-0.2, -0.15) is 0 Å². The molecule has 3 unspecified atom stereocenters. The molecular weight excluding hydrogens is 272 g/mol. The Bertz CT molecular complexity index is 501. The number of rotatable bonds is 5. The summed E-state index contributed by atoms with van der Waals surface area (Å²) in [7, 11) is -0.886. The van der Waals surface area contributed by atoms with Gasteiger partial charge in [-0.15, -0.1) is 0 Å². The average Bonchev–Trinajstić information content (AvgIpc) is 2.72. The maximum atomic E-state index is 12.2. The van der Waals surface area contributed by atoms with Crippen molar-refractivity contribution in [3.05, 3.63) is 35.4 Å². The van der Waals surface area contributed by atoms with Gasteiger partial charge >= 0.3 is 0 Å². The minimum absolute atomic E-state index is 0.0834. The van der Waals surface area contributed by atoms with E-state index in [-0.39, 0.29) is 18.1 Å². The van der Waals surface area contributed by atoms with Crippen molar-refractivity contribution in [2.45, 2.75) is 32.5 Å². The molecule has 1 aromatic carbocycles. The number of carbonyl (C=O) groups is 1. The highest BCUT2D eigenvalue weighted by Gasteiger charge is 2.36. The smallest absolute Gasteiger partial charge is 0.241 e. The summed E-state index contributed by atoms with van der Waals surface area (Å²) in [6, 6.07) is 8.15. The molecule has 0 saturated carbocycles. The summed E-state index contributed by atoms with van der Waals surface area (Å²) in [6.45, 7) is 4.52. The molecular formula is C15H22N2O2S. The third kappa shape index (κ3) is 3.27. The molecule has 4 nitrogen and oxygen atoms in total. The number of aryl methyl sites for hydroxylation is 1. The minimum Gasteiger partial charge on any atom is -0.321 e. The minimum atomic E-state index is -0.886. The van der Waals surface area contributed by atoms with Gasteiger partial charge in [-0.25, -0.2) is 0 Å². The summed E-state index contributed by atoms with van der Waals surface area (Å²) >= 11 is 0. The highest BCUT2D eigenvalue weighted by atomic mass is 32.2. The van der Waals surface area contributed by atoms with E-state index in [0.717, 1.165) is 12.0 Å². The first-order chi connectivity index (χ1) is 9.52. The molecule has 20 heavy (non-hydrogen) atoms. The number of carbonyl (C=O) groups excluding carboxylic acids is 1. The van der Waals surface area contributed by atoms with Crippen molar-refractivity contribution in [2.24, 2.45) is 0 Å². The molecule has 1 aliphatic rings. The Morgan fingerprint density at radius 3 is 2.50 bits per heavy atom. The van der Waals surface area contributed by atoms with Crippen LogP contribution in [0.5, 0.6) is 0 Å². The normalized spacial score (nSPS) is 24.1. The molecule has 110 valence electrons. The van der Waals surface area contributed by atoms with Gasteiger partial charge in [-0.05, 0) is 24.5 Å². The number of hydrogen-bond acceptors (Lipinski definition) is 3. The van der Waals surface area contributed by atoms with Gasteiger partial charge in [-0.3, -0.25) is 14.3 Å². The maximum absolute atomic E-state index is 12.2. The quantitative estimate of drug-likeness (QED) is 0.894. The molecule has 0 spiro atoms. The molecule has 2 rings (SSSR count). The summed E-state index contributed by atoms with van der Waals surface area (Å²) in [5.41, 5.74) is 2.37. The van der Waals surface area contributed by atoms with Crippen LogP contribution in [0.15, 0.2) is 24.3 Å². The van der Waals surface area contributed by atoms with Crippen molar-refractivity contribution < 1.29 is 9.00 Å². The highest BCUT2D eigenvalue weighted by Crippen LogP contribution is 2.25. The second-order valence-electron chi connectivity index (χ2n) is 5.19. The summed E-state index contributed by atoms with van der Waals surface area (Å²) in [5, 5.41) is 3.31. The fraction of sp³-hybridized carbons (Fsp3) is 0.533. The van der Waals surface area contributed by atoms with Crippen LogP contribution in [0.25, 0.3) is 0 Å². The van der Waals surface area contributed by atoms with Gasteiger partial charge in [0.2, 0.25) is 5.91 Å². The third-order valence-electron chi connectivity index (χ3n) is 3.70. The number of nitrogens with one attached hydrogen (secondary N) is 1. The predicted molar refractivity (Wildman–Crippen MR) is 81.8 cm³/mol. The van der Waals surface area contributed by atoms with E-state index in [0.29, 0.717) is 12.3 Å². The first-order valence-corrected chi connectivity index (χ1v) is 8.71. The van der Waals surface area contributed by atoms with Gasteiger partial charge < -0.3 is 4.90 Å². The lowest BCUT2D eigenvalue weighted by Crippen LogP contribution is -2.33. The molecule has 1 amide bonds. The fourth-order valence-electron chi connectivity index (χ4n) is 2.45. The Morgan fingerprint density at radius 2 is 1.95 bits per heavy atom. The van der Waals surface area contributed by atoms with E-state index in [4.69, 9.17) is 0 Å². The molecule has 1 saturated heterocycles. The van der Waals surface area contributed by atoms with Crippen molar-refractivity contribution in [3.63, 3.8) is 0 Å². The van der Waals surface area contributed by atoms with Crippen LogP contribution in [-0.2, 0) is 22.0 Å². The van der Waals surface area contributed by atoms with E-state index >= 15 is 0 Å². The Labute approximate surface area is 123 Å². The van der Waals surface area contributed by atoms with Crippen LogP contribution in [0.4, 0.5) is 0 Å². The van der Waals surface area contributed by atoms with Crippen LogP contribution < -0.4 is 5.32 Å². The van der Waals surface area contributed by atoms with Crippen molar-refractivity contribution in [1.29, 1.82) is 0 Å². The number of benzene rings is 1. The molecule has 0 aliphatic carbocycles. The van der Waals surface area contributed by atoms with Crippen LogP contribution in [0.1, 0.15) is 31.1 Å². The lowest BCUT2D eigenvalue weighted by atomic mass is 10.1. The van der Waals surface area contributed by atoms with Gasteiger partial charge in [0.15, 0.2) is 0 Å². The zero-order valence-electron chi connectivity index (χ0n) is 12.3. The topological polar surface area (TPSA) is 49.4 Å². The van der Waals surface area contributed by atoms with Gasteiger partial charge in [0, 0.05) is 29.4 Å². The highest BCUT2D eigenvalue weighted by molar-refractivity contribution is 7.84. The SMILES string of the molecule is CCc1ccc(C2NC(C)C(=O)N2CCS(C)=O)cc1. The van der Waals surface area contributed by atoms with Gasteiger partial charge in [0.05, 0.1) is 6.04 Å². The van der Waals surface area contributed by atoms with Crippen LogP contribution in [0.2, 0.25) is 0 Å². The molecule has 0 radical (unpaired) electrons. The van der Waals surface area contributed by atoms with Crippen molar-refractivity contribution in [3.8, 4) is 0 Å². The number of nitrogens with zero attached hydrogens (tertiary/aromatic N) is 1. The zero-order valence-corrected chi connectivity index (χ0v) is 13.1. The van der Waals surface area contributed by atoms with Gasteiger partial charge in [0.25, 0.3) is 0 Å².